The lowest BCUT2D eigenvalue weighted by Gasteiger charge is -2.16. The van der Waals surface area contributed by atoms with Crippen molar-refractivity contribution >= 4 is 29.1 Å². The molecule has 0 spiro atoms. The third-order valence-electron chi connectivity index (χ3n) is 2.88. The van der Waals surface area contributed by atoms with E-state index in [-0.39, 0.29) is 6.04 Å². The van der Waals surface area contributed by atoms with Crippen molar-refractivity contribution in [1.29, 1.82) is 0 Å². The van der Waals surface area contributed by atoms with Crippen molar-refractivity contribution in [2.24, 2.45) is 0 Å². The van der Waals surface area contributed by atoms with Gasteiger partial charge in [-0.1, -0.05) is 18.2 Å². The second-order valence-corrected chi connectivity index (χ2v) is 5.23. The fourth-order valence-electron chi connectivity index (χ4n) is 1.96. The van der Waals surface area contributed by atoms with Crippen LogP contribution in [-0.2, 0) is 4.74 Å². The molecule has 0 radical (unpaired) electrons. The molecule has 0 fully saturated rings. The topological polar surface area (TPSA) is 75.3 Å². The molecule has 6 nitrogen and oxygen atoms in total. The van der Waals surface area contributed by atoms with Gasteiger partial charge in [-0.05, 0) is 45.0 Å². The number of hydrogen-bond acceptors (Lipinski definition) is 5. The Kier molecular flexibility index (Phi) is 5.80. The average Bonchev–Trinajstić information content (AvgIpc) is 2.50. The molecule has 1 aromatic heterocycles. The van der Waals surface area contributed by atoms with Crippen LogP contribution in [0.4, 0.5) is 27.8 Å². The number of pyridine rings is 1. The van der Waals surface area contributed by atoms with Gasteiger partial charge in [0.05, 0.1) is 12.3 Å². The molecule has 23 heavy (non-hydrogen) atoms. The van der Waals surface area contributed by atoms with Gasteiger partial charge in [0.1, 0.15) is 5.82 Å². The number of carbonyl (C=O) groups is 1. The van der Waals surface area contributed by atoms with Crippen LogP contribution < -0.4 is 16.0 Å². The van der Waals surface area contributed by atoms with Gasteiger partial charge in [0, 0.05) is 11.7 Å². The zero-order chi connectivity index (χ0) is 16.7. The van der Waals surface area contributed by atoms with Crippen LogP contribution in [0.3, 0.4) is 0 Å². The molecule has 1 amide bonds. The third kappa shape index (κ3) is 5.18. The Morgan fingerprint density at radius 2 is 1.91 bits per heavy atom. The Balaban J connectivity index is 2.21. The first-order valence-electron chi connectivity index (χ1n) is 7.62. The summed E-state index contributed by atoms with van der Waals surface area (Å²) >= 11 is 0. The standard InChI is InChI=1S/C17H22N4O2/c1-4-23-17(22)20-14-10-11-15(21-16(14)18-12(2)3)19-13-8-6-5-7-9-13/h5-12H,4H2,1-3H3,(H,20,22)(H2,18,19,21). The van der Waals surface area contributed by atoms with Gasteiger partial charge >= 0.3 is 6.09 Å². The Morgan fingerprint density at radius 1 is 1.17 bits per heavy atom. The first-order valence-corrected chi connectivity index (χ1v) is 7.62. The van der Waals surface area contributed by atoms with Crippen LogP contribution in [0, 0.1) is 0 Å². The minimum absolute atomic E-state index is 0.178. The van der Waals surface area contributed by atoms with E-state index in [0.29, 0.717) is 23.9 Å². The summed E-state index contributed by atoms with van der Waals surface area (Å²) in [6.45, 7) is 6.10. The molecule has 3 N–H and O–H groups in total. The van der Waals surface area contributed by atoms with Gasteiger partial charge in [0.2, 0.25) is 0 Å². The quantitative estimate of drug-likeness (QED) is 0.744. The van der Waals surface area contributed by atoms with Crippen molar-refractivity contribution in [3.63, 3.8) is 0 Å². The summed E-state index contributed by atoms with van der Waals surface area (Å²) in [4.78, 5) is 16.2. The highest BCUT2D eigenvalue weighted by molar-refractivity contribution is 5.89. The predicted octanol–water partition coefficient (Wildman–Crippen LogP) is 4.21. The molecule has 0 bridgehead atoms. The smallest absolute Gasteiger partial charge is 0.411 e. The maximum atomic E-state index is 11.6. The molecule has 0 atom stereocenters. The van der Waals surface area contributed by atoms with Gasteiger partial charge < -0.3 is 15.4 Å². The maximum Gasteiger partial charge on any atom is 0.411 e. The minimum atomic E-state index is -0.495. The molecule has 1 aromatic carbocycles. The summed E-state index contributed by atoms with van der Waals surface area (Å²) in [7, 11) is 0. The molecule has 2 aromatic rings. The molecule has 0 aliphatic rings. The van der Waals surface area contributed by atoms with Crippen LogP contribution >= 0.6 is 0 Å². The van der Waals surface area contributed by atoms with Gasteiger partial charge in [-0.25, -0.2) is 9.78 Å². The fourth-order valence-corrected chi connectivity index (χ4v) is 1.96. The van der Waals surface area contributed by atoms with Crippen LogP contribution in [0.2, 0.25) is 0 Å². The molecule has 0 aliphatic carbocycles. The SMILES string of the molecule is CCOC(=O)Nc1ccc(Nc2ccccc2)nc1NC(C)C. The number of rotatable bonds is 6. The lowest BCUT2D eigenvalue weighted by molar-refractivity contribution is 0.168. The molecule has 2 rings (SSSR count). The second kappa shape index (κ2) is 8.03. The Morgan fingerprint density at radius 3 is 2.57 bits per heavy atom. The van der Waals surface area contributed by atoms with Crippen molar-refractivity contribution in [3.8, 4) is 0 Å². The normalized spacial score (nSPS) is 10.3. The van der Waals surface area contributed by atoms with Crippen LogP contribution in [-0.4, -0.2) is 23.7 Å². The van der Waals surface area contributed by atoms with Gasteiger partial charge in [0.25, 0.3) is 0 Å². The molecule has 0 saturated heterocycles. The van der Waals surface area contributed by atoms with Crippen LogP contribution in [0.1, 0.15) is 20.8 Å². The molecule has 0 aliphatic heterocycles. The molecule has 1 heterocycles. The maximum absolute atomic E-state index is 11.6. The van der Waals surface area contributed by atoms with E-state index in [0.717, 1.165) is 5.69 Å². The van der Waals surface area contributed by atoms with Crippen molar-refractivity contribution in [2.45, 2.75) is 26.8 Å². The number of amides is 1. The number of para-hydroxylation sites is 1. The zero-order valence-corrected chi connectivity index (χ0v) is 13.6. The van der Waals surface area contributed by atoms with Crippen molar-refractivity contribution in [2.75, 3.05) is 22.6 Å². The lowest BCUT2D eigenvalue weighted by Crippen LogP contribution is -2.18. The lowest BCUT2D eigenvalue weighted by atomic mass is 10.3. The highest BCUT2D eigenvalue weighted by Gasteiger charge is 2.11. The predicted molar refractivity (Wildman–Crippen MR) is 93.4 cm³/mol. The number of nitrogens with one attached hydrogen (secondary N) is 3. The summed E-state index contributed by atoms with van der Waals surface area (Å²) < 4.78 is 4.91. The van der Waals surface area contributed by atoms with E-state index in [1.807, 2.05) is 44.2 Å². The zero-order valence-electron chi connectivity index (χ0n) is 13.6. The summed E-state index contributed by atoms with van der Waals surface area (Å²) in [5.41, 5.74) is 1.53. The van der Waals surface area contributed by atoms with E-state index < -0.39 is 6.09 Å². The van der Waals surface area contributed by atoms with E-state index in [4.69, 9.17) is 4.74 Å². The Bertz CT molecular complexity index is 644. The van der Waals surface area contributed by atoms with E-state index >= 15 is 0 Å². The van der Waals surface area contributed by atoms with E-state index in [1.165, 1.54) is 0 Å². The van der Waals surface area contributed by atoms with E-state index in [2.05, 4.69) is 20.9 Å². The number of ether oxygens (including phenoxy) is 1. The average molecular weight is 314 g/mol. The van der Waals surface area contributed by atoms with E-state index in [9.17, 15) is 4.79 Å². The first-order chi connectivity index (χ1) is 11.1. The van der Waals surface area contributed by atoms with Gasteiger partial charge in [0.15, 0.2) is 5.82 Å². The molecule has 6 heteroatoms. The molecular formula is C17H22N4O2. The van der Waals surface area contributed by atoms with Crippen molar-refractivity contribution < 1.29 is 9.53 Å². The molecule has 0 unspecified atom stereocenters. The highest BCUT2D eigenvalue weighted by Crippen LogP contribution is 2.24. The summed E-state index contributed by atoms with van der Waals surface area (Å²) in [5, 5.41) is 9.15. The molecule has 0 saturated carbocycles. The number of carbonyl (C=O) groups excluding carboxylic acids is 1. The monoisotopic (exact) mass is 314 g/mol. The number of aromatic nitrogens is 1. The third-order valence-corrected chi connectivity index (χ3v) is 2.88. The largest absolute Gasteiger partial charge is 0.450 e. The molecular weight excluding hydrogens is 292 g/mol. The first kappa shape index (κ1) is 16.6. The second-order valence-electron chi connectivity index (χ2n) is 5.23. The highest BCUT2D eigenvalue weighted by atomic mass is 16.5. The van der Waals surface area contributed by atoms with Crippen molar-refractivity contribution in [3.05, 3.63) is 42.5 Å². The van der Waals surface area contributed by atoms with Crippen LogP contribution in [0.5, 0.6) is 0 Å². The fraction of sp³-hybridized carbons (Fsp3) is 0.294. The number of benzene rings is 1. The van der Waals surface area contributed by atoms with Crippen LogP contribution in [0.25, 0.3) is 0 Å². The summed E-state index contributed by atoms with van der Waals surface area (Å²) in [6, 6.07) is 13.6. The Hall–Kier alpha value is -2.76. The van der Waals surface area contributed by atoms with Gasteiger partial charge in [-0.3, -0.25) is 5.32 Å². The van der Waals surface area contributed by atoms with Gasteiger partial charge in [-0.15, -0.1) is 0 Å². The van der Waals surface area contributed by atoms with E-state index in [1.54, 1.807) is 19.1 Å². The number of hydrogen-bond donors (Lipinski definition) is 3. The molecule has 122 valence electrons. The minimum Gasteiger partial charge on any atom is -0.450 e. The summed E-state index contributed by atoms with van der Waals surface area (Å²) in [6.07, 6.45) is -0.495. The van der Waals surface area contributed by atoms with Crippen LogP contribution in [0.15, 0.2) is 42.5 Å². The van der Waals surface area contributed by atoms with Gasteiger partial charge in [-0.2, -0.15) is 0 Å². The summed E-state index contributed by atoms with van der Waals surface area (Å²) in [5.74, 6) is 1.28. The Labute approximate surface area is 136 Å². The number of anilines is 4. The van der Waals surface area contributed by atoms with Crippen molar-refractivity contribution in [1.82, 2.24) is 4.98 Å². The number of nitrogens with zero attached hydrogens (tertiary/aromatic N) is 1.